The van der Waals surface area contributed by atoms with Crippen molar-refractivity contribution in [3.8, 4) is 0 Å². The number of hydrogen-bond donors (Lipinski definition) is 2. The van der Waals surface area contributed by atoms with Gasteiger partial charge in [-0.25, -0.2) is 10.2 Å². The van der Waals surface area contributed by atoms with Gasteiger partial charge in [0, 0.05) is 37.4 Å². The standard InChI is InChI=1S/C8H19Cl2N2O3P/c1-8(6-13)7-15-16(11,14)12(4-2-9)5-3-10/h8,13H,2-7H2,1H3,(H2,11,14). The van der Waals surface area contributed by atoms with Crippen molar-refractivity contribution in [3.63, 3.8) is 0 Å². The van der Waals surface area contributed by atoms with E-state index >= 15 is 0 Å². The Balaban J connectivity index is 4.28. The van der Waals surface area contributed by atoms with Crippen LogP contribution in [0.4, 0.5) is 0 Å². The Morgan fingerprint density at radius 2 is 1.94 bits per heavy atom. The molecule has 0 saturated heterocycles. The molecule has 2 atom stereocenters. The average Bonchev–Trinajstić information content (AvgIpc) is 2.25. The predicted octanol–water partition coefficient (Wildman–Crippen LogP) is 1.48. The van der Waals surface area contributed by atoms with Crippen LogP contribution in [-0.2, 0) is 9.09 Å². The topological polar surface area (TPSA) is 75.8 Å². The summed E-state index contributed by atoms with van der Waals surface area (Å²) < 4.78 is 18.6. The second kappa shape index (κ2) is 8.70. The summed E-state index contributed by atoms with van der Waals surface area (Å²) in [4.78, 5) is 0. The van der Waals surface area contributed by atoms with Crippen molar-refractivity contribution >= 4 is 30.9 Å². The van der Waals surface area contributed by atoms with Gasteiger partial charge in [0.1, 0.15) is 0 Å². The number of aliphatic hydroxyl groups excluding tert-OH is 1. The zero-order valence-electron chi connectivity index (χ0n) is 9.31. The van der Waals surface area contributed by atoms with Gasteiger partial charge in [-0.1, -0.05) is 6.92 Å². The van der Waals surface area contributed by atoms with Gasteiger partial charge in [0.2, 0.25) is 0 Å². The molecule has 8 heteroatoms. The Bertz CT molecular complexity index is 227. The van der Waals surface area contributed by atoms with E-state index in [1.165, 1.54) is 4.67 Å². The molecule has 0 spiro atoms. The normalized spacial score (nSPS) is 17.4. The Morgan fingerprint density at radius 3 is 2.31 bits per heavy atom. The molecule has 3 N–H and O–H groups in total. The number of alkyl halides is 2. The van der Waals surface area contributed by atoms with Gasteiger partial charge < -0.3 is 9.63 Å². The number of halogens is 2. The highest BCUT2D eigenvalue weighted by Gasteiger charge is 2.26. The van der Waals surface area contributed by atoms with Crippen molar-refractivity contribution in [2.75, 3.05) is 38.1 Å². The van der Waals surface area contributed by atoms with Crippen LogP contribution in [0.2, 0.25) is 0 Å². The summed E-state index contributed by atoms with van der Waals surface area (Å²) in [7, 11) is -3.35. The predicted molar refractivity (Wildman–Crippen MR) is 67.0 cm³/mol. The molecule has 0 saturated carbocycles. The van der Waals surface area contributed by atoms with Crippen molar-refractivity contribution in [1.29, 1.82) is 0 Å². The molecule has 98 valence electrons. The SMILES string of the molecule is CC(CO)COP(N)(=O)N(CCCl)CCCl. The molecular weight excluding hydrogens is 274 g/mol. The maximum Gasteiger partial charge on any atom is 0.340 e. The molecule has 0 amide bonds. The minimum atomic E-state index is -3.35. The molecule has 0 aliphatic heterocycles. The van der Waals surface area contributed by atoms with Gasteiger partial charge >= 0.3 is 7.67 Å². The average molecular weight is 293 g/mol. The van der Waals surface area contributed by atoms with Crippen LogP contribution in [0.3, 0.4) is 0 Å². The van der Waals surface area contributed by atoms with Crippen LogP contribution in [0.5, 0.6) is 0 Å². The lowest BCUT2D eigenvalue weighted by Crippen LogP contribution is -2.30. The summed E-state index contributed by atoms with van der Waals surface area (Å²) in [6.45, 7) is 2.59. The summed E-state index contributed by atoms with van der Waals surface area (Å²) in [5.41, 5.74) is 5.60. The highest BCUT2D eigenvalue weighted by Crippen LogP contribution is 2.42. The third kappa shape index (κ3) is 6.40. The molecule has 0 radical (unpaired) electrons. The van der Waals surface area contributed by atoms with Crippen molar-refractivity contribution in [1.82, 2.24) is 4.67 Å². The van der Waals surface area contributed by atoms with Crippen LogP contribution >= 0.6 is 30.9 Å². The molecule has 2 unspecified atom stereocenters. The molecule has 0 aliphatic rings. The lowest BCUT2D eigenvalue weighted by atomic mass is 10.2. The van der Waals surface area contributed by atoms with Crippen LogP contribution in [0, 0.1) is 5.92 Å². The summed E-state index contributed by atoms with van der Waals surface area (Å²) in [6, 6.07) is 0. The van der Waals surface area contributed by atoms with E-state index in [4.69, 9.17) is 38.3 Å². The fourth-order valence-electron chi connectivity index (χ4n) is 0.954. The largest absolute Gasteiger partial charge is 0.396 e. The Morgan fingerprint density at radius 1 is 1.44 bits per heavy atom. The maximum atomic E-state index is 12.0. The molecule has 0 rings (SSSR count). The molecule has 0 aromatic carbocycles. The van der Waals surface area contributed by atoms with Crippen LogP contribution in [0.1, 0.15) is 6.92 Å². The Labute approximate surface area is 106 Å². The van der Waals surface area contributed by atoms with Crippen molar-refractivity contribution in [3.05, 3.63) is 0 Å². The fourth-order valence-corrected chi connectivity index (χ4v) is 2.99. The lowest BCUT2D eigenvalue weighted by Gasteiger charge is -2.27. The number of hydrogen-bond acceptors (Lipinski definition) is 3. The van der Waals surface area contributed by atoms with Gasteiger partial charge in [0.15, 0.2) is 0 Å². The van der Waals surface area contributed by atoms with E-state index in [1.807, 2.05) is 0 Å². The van der Waals surface area contributed by atoms with E-state index in [9.17, 15) is 4.57 Å². The number of rotatable bonds is 9. The van der Waals surface area contributed by atoms with E-state index in [0.717, 1.165) is 0 Å². The van der Waals surface area contributed by atoms with E-state index < -0.39 is 7.67 Å². The van der Waals surface area contributed by atoms with E-state index in [1.54, 1.807) is 6.92 Å². The third-order valence-corrected chi connectivity index (χ3v) is 3.98. The second-order valence-electron chi connectivity index (χ2n) is 3.48. The van der Waals surface area contributed by atoms with Crippen LogP contribution in [-0.4, -0.2) is 47.8 Å². The van der Waals surface area contributed by atoms with Crippen molar-refractivity contribution in [2.24, 2.45) is 11.4 Å². The molecule has 0 aromatic heterocycles. The van der Waals surface area contributed by atoms with Gasteiger partial charge in [-0.3, -0.25) is 4.57 Å². The first-order valence-electron chi connectivity index (χ1n) is 4.99. The first kappa shape index (κ1) is 16.6. The smallest absolute Gasteiger partial charge is 0.340 e. The molecule has 5 nitrogen and oxygen atoms in total. The van der Waals surface area contributed by atoms with Crippen LogP contribution in [0.15, 0.2) is 0 Å². The molecule has 0 aromatic rings. The van der Waals surface area contributed by atoms with Gasteiger partial charge in [0.05, 0.1) is 6.61 Å². The zero-order valence-corrected chi connectivity index (χ0v) is 11.7. The highest BCUT2D eigenvalue weighted by molar-refractivity contribution is 7.53. The monoisotopic (exact) mass is 292 g/mol. The summed E-state index contributed by atoms with van der Waals surface area (Å²) in [5.74, 6) is 0.499. The number of nitrogens with zero attached hydrogens (tertiary/aromatic N) is 1. The first-order chi connectivity index (χ1) is 7.47. The Hall–Kier alpha value is 0.650. The fraction of sp³-hybridized carbons (Fsp3) is 1.00. The molecule has 0 aliphatic carbocycles. The van der Waals surface area contributed by atoms with Crippen LogP contribution < -0.4 is 5.50 Å². The van der Waals surface area contributed by atoms with Gasteiger partial charge in [0.25, 0.3) is 0 Å². The van der Waals surface area contributed by atoms with Crippen LogP contribution in [0.25, 0.3) is 0 Å². The quantitative estimate of drug-likeness (QED) is 0.497. The minimum absolute atomic E-state index is 0.0367. The van der Waals surface area contributed by atoms with Crippen molar-refractivity contribution in [2.45, 2.75) is 6.92 Å². The molecule has 16 heavy (non-hydrogen) atoms. The van der Waals surface area contributed by atoms with E-state index in [-0.39, 0.29) is 19.1 Å². The maximum absolute atomic E-state index is 12.0. The highest BCUT2D eigenvalue weighted by atomic mass is 35.5. The molecular formula is C8H19Cl2N2O3P. The van der Waals surface area contributed by atoms with Gasteiger partial charge in [-0.05, 0) is 0 Å². The first-order valence-corrected chi connectivity index (χ1v) is 7.70. The van der Waals surface area contributed by atoms with Gasteiger partial charge in [-0.15, -0.1) is 23.2 Å². The summed E-state index contributed by atoms with van der Waals surface area (Å²) >= 11 is 11.1. The van der Waals surface area contributed by atoms with E-state index in [2.05, 4.69) is 0 Å². The minimum Gasteiger partial charge on any atom is -0.396 e. The second-order valence-corrected chi connectivity index (χ2v) is 6.19. The molecule has 0 heterocycles. The number of nitrogens with two attached hydrogens (primary N) is 1. The molecule has 0 fully saturated rings. The van der Waals surface area contributed by atoms with E-state index in [0.29, 0.717) is 24.8 Å². The van der Waals surface area contributed by atoms with Gasteiger partial charge in [-0.2, -0.15) is 0 Å². The summed E-state index contributed by atoms with van der Waals surface area (Å²) in [5, 5.41) is 8.81. The lowest BCUT2D eigenvalue weighted by molar-refractivity contribution is 0.165. The zero-order chi connectivity index (χ0) is 12.6. The Kier molecular flexibility index (Phi) is 9.05. The third-order valence-electron chi connectivity index (χ3n) is 1.94. The van der Waals surface area contributed by atoms with Crippen molar-refractivity contribution < 1.29 is 14.2 Å². The molecule has 0 bridgehead atoms. The summed E-state index contributed by atoms with van der Waals surface area (Å²) in [6.07, 6.45) is 0. The number of aliphatic hydroxyl groups is 1.